The van der Waals surface area contributed by atoms with Gasteiger partial charge in [0, 0.05) is 25.5 Å². The van der Waals surface area contributed by atoms with Gasteiger partial charge in [0.2, 0.25) is 0 Å². The zero-order valence-corrected chi connectivity index (χ0v) is 16.7. The third-order valence-corrected chi connectivity index (χ3v) is 6.13. The monoisotopic (exact) mass is 389 g/mol. The number of sulfone groups is 1. The quantitative estimate of drug-likeness (QED) is 0.785. The second-order valence-electron chi connectivity index (χ2n) is 7.07. The number of pyridine rings is 1. The van der Waals surface area contributed by atoms with Crippen LogP contribution in [0.3, 0.4) is 0 Å². The van der Waals surface area contributed by atoms with Gasteiger partial charge >= 0.3 is 0 Å². The van der Waals surface area contributed by atoms with Crippen molar-refractivity contribution in [1.82, 2.24) is 9.88 Å². The summed E-state index contributed by atoms with van der Waals surface area (Å²) in [6.07, 6.45) is 5.01. The average molecular weight is 390 g/mol. The van der Waals surface area contributed by atoms with Crippen LogP contribution < -0.4 is 10.1 Å². The first-order valence-corrected chi connectivity index (χ1v) is 11.1. The average Bonchev–Trinajstić information content (AvgIpc) is 2.67. The van der Waals surface area contributed by atoms with Gasteiger partial charge in [-0.15, -0.1) is 0 Å². The lowest BCUT2D eigenvalue weighted by Crippen LogP contribution is -2.35. The van der Waals surface area contributed by atoms with Gasteiger partial charge in [0.15, 0.2) is 9.84 Å². The number of nitrogens with one attached hydrogen (secondary N) is 1. The van der Waals surface area contributed by atoms with Crippen LogP contribution in [-0.4, -0.2) is 51.3 Å². The van der Waals surface area contributed by atoms with Gasteiger partial charge in [-0.25, -0.2) is 13.4 Å². The number of ether oxygens (including phenoxy) is 1. The molecule has 0 unspecified atom stereocenters. The Hall–Kier alpha value is -2.12. The molecule has 27 heavy (non-hydrogen) atoms. The van der Waals surface area contributed by atoms with Crippen molar-refractivity contribution >= 4 is 15.7 Å². The molecule has 0 spiro atoms. The predicted molar refractivity (Wildman–Crippen MR) is 107 cm³/mol. The van der Waals surface area contributed by atoms with E-state index in [2.05, 4.69) is 27.3 Å². The summed E-state index contributed by atoms with van der Waals surface area (Å²) in [5, 5.41) is 3.24. The molecule has 0 atom stereocenters. The van der Waals surface area contributed by atoms with E-state index in [0.717, 1.165) is 44.8 Å². The number of hydrogen-bond acceptors (Lipinski definition) is 6. The molecule has 7 heteroatoms. The number of likely N-dealkylation sites (tertiary alicyclic amines) is 1. The fourth-order valence-corrected chi connectivity index (χ4v) is 4.20. The Labute approximate surface area is 161 Å². The van der Waals surface area contributed by atoms with Crippen LogP contribution in [0.25, 0.3) is 0 Å². The number of benzene rings is 1. The third-order valence-electron chi connectivity index (χ3n) is 5.00. The Balaban J connectivity index is 1.49. The highest BCUT2D eigenvalue weighted by Crippen LogP contribution is 2.22. The van der Waals surface area contributed by atoms with Crippen LogP contribution in [0.15, 0.2) is 47.5 Å². The van der Waals surface area contributed by atoms with Crippen molar-refractivity contribution in [2.75, 3.05) is 38.3 Å². The van der Waals surface area contributed by atoms with E-state index in [1.807, 2.05) is 12.1 Å². The molecule has 2 heterocycles. The molecule has 1 fully saturated rings. The molecular weight excluding hydrogens is 362 g/mol. The molecule has 2 aromatic rings. The highest BCUT2D eigenvalue weighted by atomic mass is 32.2. The molecule has 0 amide bonds. The van der Waals surface area contributed by atoms with Gasteiger partial charge in [-0.3, -0.25) is 4.90 Å². The van der Waals surface area contributed by atoms with E-state index in [1.54, 1.807) is 25.4 Å². The van der Waals surface area contributed by atoms with E-state index in [1.165, 1.54) is 11.8 Å². The van der Waals surface area contributed by atoms with Crippen LogP contribution in [0.1, 0.15) is 18.4 Å². The van der Waals surface area contributed by atoms with Crippen LogP contribution in [0.5, 0.6) is 5.75 Å². The van der Waals surface area contributed by atoms with Crippen LogP contribution in [0.4, 0.5) is 5.82 Å². The summed E-state index contributed by atoms with van der Waals surface area (Å²) in [5.74, 6) is 1.86. The molecule has 0 aliphatic carbocycles. The molecule has 1 aromatic heterocycles. The van der Waals surface area contributed by atoms with E-state index in [0.29, 0.717) is 11.7 Å². The smallest absolute Gasteiger partial charge is 0.179 e. The molecule has 6 nitrogen and oxygen atoms in total. The van der Waals surface area contributed by atoms with Gasteiger partial charge in [-0.2, -0.15) is 0 Å². The van der Waals surface area contributed by atoms with Crippen molar-refractivity contribution in [2.45, 2.75) is 24.3 Å². The Kier molecular flexibility index (Phi) is 6.34. The summed E-state index contributed by atoms with van der Waals surface area (Å²) in [5.41, 5.74) is 1.29. The first-order valence-electron chi connectivity index (χ1n) is 9.20. The molecule has 0 radical (unpaired) electrons. The standard InChI is InChI=1S/C20H27N3O3S/c1-26-18-7-5-17(6-8-18)15-23-12-9-16(10-13-23)14-22-20-19(27(2,24)25)4-3-11-21-20/h3-8,11,16H,9-10,12-15H2,1-2H3,(H,21,22). The normalized spacial score (nSPS) is 16.2. The van der Waals surface area contributed by atoms with Crippen molar-refractivity contribution in [1.29, 1.82) is 0 Å². The number of piperidine rings is 1. The molecule has 1 aromatic carbocycles. The fourth-order valence-electron chi connectivity index (χ4n) is 3.40. The molecule has 1 N–H and O–H groups in total. The summed E-state index contributed by atoms with van der Waals surface area (Å²) in [7, 11) is -1.60. The Morgan fingerprint density at radius 3 is 2.52 bits per heavy atom. The number of rotatable bonds is 7. The maximum absolute atomic E-state index is 11.9. The molecule has 1 saturated heterocycles. The van der Waals surface area contributed by atoms with Crippen LogP contribution >= 0.6 is 0 Å². The van der Waals surface area contributed by atoms with E-state index >= 15 is 0 Å². The minimum atomic E-state index is -3.28. The van der Waals surface area contributed by atoms with Crippen molar-refractivity contribution < 1.29 is 13.2 Å². The minimum Gasteiger partial charge on any atom is -0.497 e. The van der Waals surface area contributed by atoms with Gasteiger partial charge < -0.3 is 10.1 Å². The lowest BCUT2D eigenvalue weighted by Gasteiger charge is -2.32. The van der Waals surface area contributed by atoms with E-state index in [4.69, 9.17) is 4.74 Å². The van der Waals surface area contributed by atoms with Crippen LogP contribution in [0.2, 0.25) is 0 Å². The second kappa shape index (κ2) is 8.71. The topological polar surface area (TPSA) is 71.5 Å². The first kappa shape index (κ1) is 19.6. The van der Waals surface area contributed by atoms with Gasteiger partial charge in [0.05, 0.1) is 7.11 Å². The first-order chi connectivity index (χ1) is 13.0. The van der Waals surface area contributed by atoms with E-state index < -0.39 is 9.84 Å². The van der Waals surface area contributed by atoms with Crippen molar-refractivity contribution in [3.05, 3.63) is 48.2 Å². The number of anilines is 1. The highest BCUT2D eigenvalue weighted by Gasteiger charge is 2.20. The summed E-state index contributed by atoms with van der Waals surface area (Å²) < 4.78 is 28.9. The van der Waals surface area contributed by atoms with Crippen molar-refractivity contribution in [3.8, 4) is 5.75 Å². The lowest BCUT2D eigenvalue weighted by molar-refractivity contribution is 0.182. The fraction of sp³-hybridized carbons (Fsp3) is 0.450. The van der Waals surface area contributed by atoms with E-state index in [-0.39, 0.29) is 4.90 Å². The minimum absolute atomic E-state index is 0.266. The Morgan fingerprint density at radius 1 is 1.19 bits per heavy atom. The summed E-state index contributed by atoms with van der Waals surface area (Å²) in [6.45, 7) is 3.78. The zero-order valence-electron chi connectivity index (χ0n) is 15.9. The number of nitrogens with zero attached hydrogens (tertiary/aromatic N) is 2. The summed E-state index contributed by atoms with van der Waals surface area (Å²) in [6, 6.07) is 11.5. The predicted octanol–water partition coefficient (Wildman–Crippen LogP) is 2.82. The van der Waals surface area contributed by atoms with Crippen molar-refractivity contribution in [3.63, 3.8) is 0 Å². The largest absolute Gasteiger partial charge is 0.497 e. The molecule has 146 valence electrons. The maximum Gasteiger partial charge on any atom is 0.179 e. The molecule has 0 bridgehead atoms. The molecule has 1 aliphatic rings. The molecule has 0 saturated carbocycles. The van der Waals surface area contributed by atoms with Crippen LogP contribution in [0, 0.1) is 5.92 Å². The van der Waals surface area contributed by atoms with Crippen LogP contribution in [-0.2, 0) is 16.4 Å². The zero-order chi connectivity index (χ0) is 19.3. The van der Waals surface area contributed by atoms with Gasteiger partial charge in [0.25, 0.3) is 0 Å². The molecular formula is C20H27N3O3S. The Morgan fingerprint density at radius 2 is 1.89 bits per heavy atom. The SMILES string of the molecule is COc1ccc(CN2CCC(CNc3ncccc3S(C)(=O)=O)CC2)cc1. The van der Waals surface area contributed by atoms with Gasteiger partial charge in [0.1, 0.15) is 16.5 Å². The van der Waals surface area contributed by atoms with Gasteiger partial charge in [-0.05, 0) is 61.7 Å². The second-order valence-corrected chi connectivity index (χ2v) is 9.05. The Bertz CT molecular complexity index is 845. The van der Waals surface area contributed by atoms with Crippen molar-refractivity contribution in [2.24, 2.45) is 5.92 Å². The summed E-state index contributed by atoms with van der Waals surface area (Å²) in [4.78, 5) is 6.93. The highest BCUT2D eigenvalue weighted by molar-refractivity contribution is 7.90. The number of methoxy groups -OCH3 is 1. The van der Waals surface area contributed by atoms with Gasteiger partial charge in [-0.1, -0.05) is 12.1 Å². The lowest BCUT2D eigenvalue weighted by atomic mass is 9.96. The maximum atomic E-state index is 11.9. The number of aromatic nitrogens is 1. The summed E-state index contributed by atoms with van der Waals surface area (Å²) >= 11 is 0. The molecule has 3 rings (SSSR count). The molecule has 1 aliphatic heterocycles. The van der Waals surface area contributed by atoms with E-state index in [9.17, 15) is 8.42 Å². The third kappa shape index (κ3) is 5.43. The number of hydrogen-bond donors (Lipinski definition) is 1.